The summed E-state index contributed by atoms with van der Waals surface area (Å²) in [5, 5.41) is 3.01. The zero-order chi connectivity index (χ0) is 15.6. The Kier molecular flexibility index (Phi) is 5.35. The van der Waals surface area contributed by atoms with E-state index in [1.807, 2.05) is 26.0 Å². The van der Waals surface area contributed by atoms with E-state index in [4.69, 9.17) is 11.6 Å². The molecule has 0 aliphatic heterocycles. The molecule has 2 aromatic rings. The number of carbonyl (C=O) groups excluding carboxylic acids is 1. The van der Waals surface area contributed by atoms with Gasteiger partial charge in [-0.2, -0.15) is 0 Å². The maximum Gasteiger partial charge on any atom is 0.275 e. The molecule has 110 valence electrons. The summed E-state index contributed by atoms with van der Waals surface area (Å²) in [6, 6.07) is 5.50. The van der Waals surface area contributed by atoms with Crippen LogP contribution in [-0.4, -0.2) is 15.9 Å². The Morgan fingerprint density at radius 2 is 2.05 bits per heavy atom. The summed E-state index contributed by atoms with van der Waals surface area (Å²) >= 11 is 12.8. The van der Waals surface area contributed by atoms with Gasteiger partial charge in [0.15, 0.2) is 5.69 Å². The van der Waals surface area contributed by atoms with E-state index in [0.717, 1.165) is 8.95 Å². The third kappa shape index (κ3) is 4.02. The molecule has 0 fully saturated rings. The molecule has 1 aromatic heterocycles. The van der Waals surface area contributed by atoms with Crippen LogP contribution in [0.15, 0.2) is 33.3 Å². The van der Waals surface area contributed by atoms with Crippen molar-refractivity contribution >= 4 is 55.1 Å². The summed E-state index contributed by atoms with van der Waals surface area (Å²) in [7, 11) is 0. The number of nitrogens with one attached hydrogen (secondary N) is 1. The fraction of sp³-hybridized carbons (Fsp3) is 0.214. The Morgan fingerprint density at radius 1 is 1.33 bits per heavy atom. The fourth-order valence-corrected chi connectivity index (χ4v) is 2.48. The van der Waals surface area contributed by atoms with E-state index in [0.29, 0.717) is 11.5 Å². The van der Waals surface area contributed by atoms with E-state index >= 15 is 0 Å². The minimum atomic E-state index is -0.372. The molecule has 1 heterocycles. The number of nitrogens with zero attached hydrogens (tertiary/aromatic N) is 2. The molecule has 0 atom stereocenters. The molecule has 0 aliphatic carbocycles. The van der Waals surface area contributed by atoms with Gasteiger partial charge >= 0.3 is 0 Å². The predicted molar refractivity (Wildman–Crippen MR) is 90.9 cm³/mol. The standard InChI is InChI=1S/C14H12Br2ClN3O/c1-7(2)13-18-6-10(17)12(20-13)14(21)19-11-5-8(15)3-4-9(11)16/h3-7H,1-2H3,(H,19,21). The number of halogens is 3. The smallest absolute Gasteiger partial charge is 0.275 e. The number of anilines is 1. The van der Waals surface area contributed by atoms with Crippen LogP contribution in [0.2, 0.25) is 5.02 Å². The van der Waals surface area contributed by atoms with Crippen LogP contribution in [0.25, 0.3) is 0 Å². The molecule has 0 spiro atoms. The van der Waals surface area contributed by atoms with Gasteiger partial charge in [0, 0.05) is 14.9 Å². The minimum Gasteiger partial charge on any atom is -0.320 e. The second kappa shape index (κ2) is 6.85. The molecule has 1 amide bonds. The average molecular weight is 434 g/mol. The minimum absolute atomic E-state index is 0.117. The summed E-state index contributed by atoms with van der Waals surface area (Å²) in [5.74, 6) is 0.326. The lowest BCUT2D eigenvalue weighted by atomic mass is 10.2. The van der Waals surface area contributed by atoms with Crippen LogP contribution in [0, 0.1) is 0 Å². The van der Waals surface area contributed by atoms with Crippen LogP contribution in [0.5, 0.6) is 0 Å². The molecule has 1 N–H and O–H groups in total. The van der Waals surface area contributed by atoms with Crippen LogP contribution >= 0.6 is 43.5 Å². The first-order valence-electron chi connectivity index (χ1n) is 6.17. The summed E-state index contributed by atoms with van der Waals surface area (Å²) in [6.45, 7) is 3.91. The summed E-state index contributed by atoms with van der Waals surface area (Å²) < 4.78 is 1.63. The predicted octanol–water partition coefficient (Wildman–Crippen LogP) is 5.03. The van der Waals surface area contributed by atoms with Crippen molar-refractivity contribution in [1.29, 1.82) is 0 Å². The summed E-state index contributed by atoms with van der Waals surface area (Å²) in [5.41, 5.74) is 0.803. The monoisotopic (exact) mass is 431 g/mol. The van der Waals surface area contributed by atoms with Gasteiger partial charge in [-0.05, 0) is 34.1 Å². The molecule has 0 saturated heterocycles. The molecule has 0 radical (unpaired) electrons. The Bertz CT molecular complexity index is 692. The van der Waals surface area contributed by atoms with E-state index in [1.54, 1.807) is 6.07 Å². The first-order chi connectivity index (χ1) is 9.88. The second-order valence-electron chi connectivity index (χ2n) is 4.66. The van der Waals surface area contributed by atoms with Crippen LogP contribution in [0.1, 0.15) is 36.1 Å². The van der Waals surface area contributed by atoms with Crippen molar-refractivity contribution in [3.8, 4) is 0 Å². The number of benzene rings is 1. The summed E-state index contributed by atoms with van der Waals surface area (Å²) in [6.07, 6.45) is 1.45. The van der Waals surface area contributed by atoms with Gasteiger partial charge in [-0.25, -0.2) is 9.97 Å². The van der Waals surface area contributed by atoms with E-state index in [9.17, 15) is 4.79 Å². The Balaban J connectivity index is 2.32. The number of aromatic nitrogens is 2. The van der Waals surface area contributed by atoms with Gasteiger partial charge < -0.3 is 5.32 Å². The van der Waals surface area contributed by atoms with E-state index in [1.165, 1.54) is 6.20 Å². The highest BCUT2D eigenvalue weighted by atomic mass is 79.9. The molecule has 0 saturated carbocycles. The van der Waals surface area contributed by atoms with E-state index in [-0.39, 0.29) is 22.5 Å². The second-order valence-corrected chi connectivity index (χ2v) is 6.83. The highest BCUT2D eigenvalue weighted by Crippen LogP contribution is 2.27. The third-order valence-electron chi connectivity index (χ3n) is 2.67. The molecular weight excluding hydrogens is 421 g/mol. The Morgan fingerprint density at radius 3 is 2.71 bits per heavy atom. The van der Waals surface area contributed by atoms with E-state index < -0.39 is 0 Å². The highest BCUT2D eigenvalue weighted by molar-refractivity contribution is 9.11. The lowest BCUT2D eigenvalue weighted by molar-refractivity contribution is 0.102. The maximum absolute atomic E-state index is 12.4. The molecule has 21 heavy (non-hydrogen) atoms. The first-order valence-corrected chi connectivity index (χ1v) is 8.13. The van der Waals surface area contributed by atoms with Crippen LogP contribution in [-0.2, 0) is 0 Å². The molecule has 4 nitrogen and oxygen atoms in total. The summed E-state index contributed by atoms with van der Waals surface area (Å²) in [4.78, 5) is 20.7. The SMILES string of the molecule is CC(C)c1ncc(Cl)c(C(=O)Nc2cc(Br)ccc2Br)n1. The van der Waals surface area contributed by atoms with Crippen molar-refractivity contribution in [1.82, 2.24) is 9.97 Å². The fourth-order valence-electron chi connectivity index (χ4n) is 1.59. The van der Waals surface area contributed by atoms with E-state index in [2.05, 4.69) is 47.1 Å². The van der Waals surface area contributed by atoms with Gasteiger partial charge in [0.05, 0.1) is 16.9 Å². The molecule has 0 bridgehead atoms. The number of amides is 1. The van der Waals surface area contributed by atoms with Crippen molar-refractivity contribution in [2.75, 3.05) is 5.32 Å². The van der Waals surface area contributed by atoms with Gasteiger partial charge in [-0.3, -0.25) is 4.79 Å². The largest absolute Gasteiger partial charge is 0.320 e. The first kappa shape index (κ1) is 16.4. The number of carbonyl (C=O) groups is 1. The van der Waals surface area contributed by atoms with Gasteiger partial charge in [-0.15, -0.1) is 0 Å². The molecule has 0 aliphatic rings. The zero-order valence-electron chi connectivity index (χ0n) is 11.3. The molecule has 0 unspecified atom stereocenters. The molecule has 2 rings (SSSR count). The van der Waals surface area contributed by atoms with Gasteiger partial charge in [0.25, 0.3) is 5.91 Å². The molecular formula is C14H12Br2ClN3O. The Labute approximate surface area is 144 Å². The van der Waals surface area contributed by atoms with Crippen molar-refractivity contribution in [3.63, 3.8) is 0 Å². The number of hydrogen-bond acceptors (Lipinski definition) is 3. The maximum atomic E-state index is 12.4. The van der Waals surface area contributed by atoms with Gasteiger partial charge in [-0.1, -0.05) is 41.4 Å². The Hall–Kier alpha value is -0.980. The number of hydrogen-bond donors (Lipinski definition) is 1. The van der Waals surface area contributed by atoms with Crippen molar-refractivity contribution in [2.24, 2.45) is 0 Å². The van der Waals surface area contributed by atoms with Crippen molar-refractivity contribution in [2.45, 2.75) is 19.8 Å². The van der Waals surface area contributed by atoms with Crippen LogP contribution in [0.3, 0.4) is 0 Å². The molecule has 7 heteroatoms. The van der Waals surface area contributed by atoms with Crippen molar-refractivity contribution < 1.29 is 4.79 Å². The lowest BCUT2D eigenvalue weighted by Crippen LogP contribution is -2.16. The quantitative estimate of drug-likeness (QED) is 0.739. The molecule has 1 aromatic carbocycles. The van der Waals surface area contributed by atoms with Crippen molar-refractivity contribution in [3.05, 3.63) is 49.9 Å². The normalized spacial score (nSPS) is 10.8. The third-order valence-corrected chi connectivity index (χ3v) is 4.13. The average Bonchev–Trinajstić information content (AvgIpc) is 2.43. The zero-order valence-corrected chi connectivity index (χ0v) is 15.3. The highest BCUT2D eigenvalue weighted by Gasteiger charge is 2.16. The van der Waals surface area contributed by atoms with Crippen LogP contribution < -0.4 is 5.32 Å². The van der Waals surface area contributed by atoms with Gasteiger partial charge in [0.1, 0.15) is 5.82 Å². The number of rotatable bonds is 3. The van der Waals surface area contributed by atoms with Gasteiger partial charge in [0.2, 0.25) is 0 Å². The topological polar surface area (TPSA) is 54.9 Å². The van der Waals surface area contributed by atoms with Crippen LogP contribution in [0.4, 0.5) is 5.69 Å². The lowest BCUT2D eigenvalue weighted by Gasteiger charge is -2.10.